The Morgan fingerprint density at radius 1 is 1.12 bits per heavy atom. The fourth-order valence-corrected chi connectivity index (χ4v) is 4.32. The van der Waals surface area contributed by atoms with Crippen molar-refractivity contribution in [2.45, 2.75) is 51.0 Å². The fraction of sp³-hybridized carbons (Fsp3) is 0.600. The van der Waals surface area contributed by atoms with Crippen LogP contribution in [0.3, 0.4) is 0 Å². The summed E-state index contributed by atoms with van der Waals surface area (Å²) in [6.07, 6.45) is 5.43. The van der Waals surface area contributed by atoms with E-state index in [9.17, 15) is 9.59 Å². The van der Waals surface area contributed by atoms with Crippen LogP contribution in [0.25, 0.3) is 0 Å². The van der Waals surface area contributed by atoms with E-state index in [0.717, 1.165) is 38.5 Å². The second-order valence-corrected chi connectivity index (χ2v) is 8.21. The van der Waals surface area contributed by atoms with E-state index in [1.807, 2.05) is 11.8 Å². The lowest BCUT2D eigenvalue weighted by Crippen LogP contribution is -2.55. The van der Waals surface area contributed by atoms with Crippen LogP contribution in [-0.2, 0) is 4.79 Å². The van der Waals surface area contributed by atoms with Gasteiger partial charge in [0.15, 0.2) is 5.78 Å². The van der Waals surface area contributed by atoms with Crippen molar-refractivity contribution >= 4 is 23.3 Å². The number of halogens is 1. The molecule has 1 aromatic rings. The van der Waals surface area contributed by atoms with Crippen molar-refractivity contribution < 1.29 is 9.59 Å². The zero-order valence-electron chi connectivity index (χ0n) is 14.8. The molecule has 3 rings (SSSR count). The molecule has 1 saturated carbocycles. The van der Waals surface area contributed by atoms with Crippen LogP contribution in [0.2, 0.25) is 5.02 Å². The van der Waals surface area contributed by atoms with Crippen LogP contribution < -0.4 is 5.73 Å². The molecule has 1 aliphatic heterocycles. The van der Waals surface area contributed by atoms with Gasteiger partial charge in [0.2, 0.25) is 5.91 Å². The smallest absolute Gasteiger partial charge is 0.227 e. The number of nitrogens with two attached hydrogens (primary N) is 1. The standard InChI is InChI=1S/C20H27ClN2O2/c1-20(22)11-3-2-4-17(20)19(25)23-12-9-15(10-13-23)18(24)14-5-7-16(21)8-6-14/h5-8,15,17H,2-4,9-13,22H2,1H3. The Kier molecular flexibility index (Phi) is 5.49. The molecule has 1 aromatic carbocycles. The number of benzene rings is 1. The molecule has 0 bridgehead atoms. The number of likely N-dealkylation sites (tertiary alicyclic amines) is 1. The molecule has 0 spiro atoms. The van der Waals surface area contributed by atoms with Crippen molar-refractivity contribution in [2.75, 3.05) is 13.1 Å². The van der Waals surface area contributed by atoms with Crippen molar-refractivity contribution in [3.8, 4) is 0 Å². The average Bonchev–Trinajstić information content (AvgIpc) is 2.61. The number of nitrogens with zero attached hydrogens (tertiary/aromatic N) is 1. The van der Waals surface area contributed by atoms with E-state index in [1.165, 1.54) is 0 Å². The minimum Gasteiger partial charge on any atom is -0.342 e. The number of ketones is 1. The van der Waals surface area contributed by atoms with E-state index in [0.29, 0.717) is 23.7 Å². The van der Waals surface area contributed by atoms with Gasteiger partial charge in [-0.2, -0.15) is 0 Å². The molecular formula is C20H27ClN2O2. The second kappa shape index (κ2) is 7.46. The Bertz CT molecular complexity index is 634. The van der Waals surface area contributed by atoms with Crippen LogP contribution in [-0.4, -0.2) is 35.2 Å². The molecule has 2 N–H and O–H groups in total. The highest BCUT2D eigenvalue weighted by molar-refractivity contribution is 6.30. The number of carbonyl (C=O) groups excluding carboxylic acids is 2. The first-order valence-electron chi connectivity index (χ1n) is 9.26. The minimum atomic E-state index is -0.398. The first-order chi connectivity index (χ1) is 11.9. The fourth-order valence-electron chi connectivity index (χ4n) is 4.20. The maximum atomic E-state index is 12.9. The van der Waals surface area contributed by atoms with Gasteiger partial charge in [0.25, 0.3) is 0 Å². The van der Waals surface area contributed by atoms with Crippen molar-refractivity contribution in [3.05, 3.63) is 34.9 Å². The summed E-state index contributed by atoms with van der Waals surface area (Å²) < 4.78 is 0. The summed E-state index contributed by atoms with van der Waals surface area (Å²) in [5.41, 5.74) is 6.69. The van der Waals surface area contributed by atoms with Crippen molar-refractivity contribution in [2.24, 2.45) is 17.6 Å². The quantitative estimate of drug-likeness (QED) is 0.834. The van der Waals surface area contributed by atoms with E-state index in [2.05, 4.69) is 0 Å². The molecule has 4 nitrogen and oxygen atoms in total. The molecule has 2 atom stereocenters. The van der Waals surface area contributed by atoms with Gasteiger partial charge in [-0.1, -0.05) is 24.4 Å². The van der Waals surface area contributed by atoms with Gasteiger partial charge < -0.3 is 10.6 Å². The predicted molar refractivity (Wildman–Crippen MR) is 99.6 cm³/mol. The maximum Gasteiger partial charge on any atom is 0.227 e. The number of hydrogen-bond donors (Lipinski definition) is 1. The molecular weight excluding hydrogens is 336 g/mol. The van der Waals surface area contributed by atoms with Crippen LogP contribution in [0.1, 0.15) is 55.8 Å². The third-order valence-corrected chi connectivity index (χ3v) is 6.11. The van der Waals surface area contributed by atoms with Gasteiger partial charge in [-0.3, -0.25) is 9.59 Å². The van der Waals surface area contributed by atoms with Gasteiger partial charge in [-0.15, -0.1) is 0 Å². The molecule has 0 radical (unpaired) electrons. The highest BCUT2D eigenvalue weighted by Gasteiger charge is 2.40. The number of hydrogen-bond acceptors (Lipinski definition) is 3. The third-order valence-electron chi connectivity index (χ3n) is 5.86. The lowest BCUT2D eigenvalue weighted by molar-refractivity contribution is -0.140. The second-order valence-electron chi connectivity index (χ2n) is 7.77. The number of Topliss-reactive ketones (excluding diaryl/α,β-unsaturated/α-hetero) is 1. The summed E-state index contributed by atoms with van der Waals surface area (Å²) in [5.74, 6) is 0.248. The zero-order valence-corrected chi connectivity index (χ0v) is 15.6. The van der Waals surface area contributed by atoms with E-state index in [-0.39, 0.29) is 23.5 Å². The first kappa shape index (κ1) is 18.4. The Hall–Kier alpha value is -1.39. The molecule has 2 fully saturated rings. The van der Waals surface area contributed by atoms with Gasteiger partial charge in [-0.25, -0.2) is 0 Å². The maximum absolute atomic E-state index is 12.9. The van der Waals surface area contributed by atoms with Crippen molar-refractivity contribution in [1.82, 2.24) is 4.90 Å². The lowest BCUT2D eigenvalue weighted by Gasteiger charge is -2.41. The highest BCUT2D eigenvalue weighted by atomic mass is 35.5. The third kappa shape index (κ3) is 4.06. The number of carbonyl (C=O) groups is 2. The van der Waals surface area contributed by atoms with E-state index in [1.54, 1.807) is 24.3 Å². The molecule has 0 aromatic heterocycles. The lowest BCUT2D eigenvalue weighted by atomic mass is 9.73. The molecule has 1 aliphatic carbocycles. The molecule has 136 valence electrons. The molecule has 2 unspecified atom stereocenters. The summed E-state index contributed by atoms with van der Waals surface area (Å²) in [4.78, 5) is 27.4. The van der Waals surface area contributed by atoms with Crippen molar-refractivity contribution in [1.29, 1.82) is 0 Å². The molecule has 25 heavy (non-hydrogen) atoms. The number of amides is 1. The van der Waals surface area contributed by atoms with Gasteiger partial charge in [-0.05, 0) is 56.9 Å². The van der Waals surface area contributed by atoms with Crippen LogP contribution >= 0.6 is 11.6 Å². The average molecular weight is 363 g/mol. The van der Waals surface area contributed by atoms with Gasteiger partial charge in [0, 0.05) is 35.1 Å². The topological polar surface area (TPSA) is 63.4 Å². The van der Waals surface area contributed by atoms with E-state index < -0.39 is 5.54 Å². The molecule has 2 aliphatic rings. The zero-order chi connectivity index (χ0) is 18.0. The number of piperidine rings is 1. The summed E-state index contributed by atoms with van der Waals surface area (Å²) in [6.45, 7) is 3.30. The van der Waals surface area contributed by atoms with Gasteiger partial charge >= 0.3 is 0 Å². The molecule has 5 heteroatoms. The summed E-state index contributed by atoms with van der Waals surface area (Å²) in [5, 5.41) is 0.634. The molecule has 1 heterocycles. The summed E-state index contributed by atoms with van der Waals surface area (Å²) in [6, 6.07) is 7.06. The Labute approximate surface area is 154 Å². The van der Waals surface area contributed by atoms with Crippen LogP contribution in [0, 0.1) is 11.8 Å². The first-order valence-corrected chi connectivity index (χ1v) is 9.64. The number of rotatable bonds is 3. The van der Waals surface area contributed by atoms with Crippen LogP contribution in [0.5, 0.6) is 0 Å². The normalized spacial score (nSPS) is 28.0. The largest absolute Gasteiger partial charge is 0.342 e. The highest BCUT2D eigenvalue weighted by Crippen LogP contribution is 2.34. The van der Waals surface area contributed by atoms with Gasteiger partial charge in [0.1, 0.15) is 0 Å². The van der Waals surface area contributed by atoms with Crippen molar-refractivity contribution in [3.63, 3.8) is 0 Å². The minimum absolute atomic E-state index is 0.0131. The molecule has 1 saturated heterocycles. The predicted octanol–water partition coefficient (Wildman–Crippen LogP) is 3.67. The molecule has 1 amide bonds. The Balaban J connectivity index is 1.59. The summed E-state index contributed by atoms with van der Waals surface area (Å²) >= 11 is 5.89. The van der Waals surface area contributed by atoms with Gasteiger partial charge in [0.05, 0.1) is 5.92 Å². The Morgan fingerprint density at radius 3 is 2.36 bits per heavy atom. The Morgan fingerprint density at radius 2 is 1.76 bits per heavy atom. The van der Waals surface area contributed by atoms with E-state index in [4.69, 9.17) is 17.3 Å². The van der Waals surface area contributed by atoms with Crippen LogP contribution in [0.4, 0.5) is 0 Å². The monoisotopic (exact) mass is 362 g/mol. The summed E-state index contributed by atoms with van der Waals surface area (Å²) in [7, 11) is 0. The van der Waals surface area contributed by atoms with Crippen LogP contribution in [0.15, 0.2) is 24.3 Å². The SMILES string of the molecule is CC1(N)CCCCC1C(=O)N1CCC(C(=O)c2ccc(Cl)cc2)CC1. The van der Waals surface area contributed by atoms with E-state index >= 15 is 0 Å².